The van der Waals surface area contributed by atoms with E-state index >= 15 is 0 Å². The van der Waals surface area contributed by atoms with Crippen molar-refractivity contribution in [2.75, 3.05) is 0 Å². The second kappa shape index (κ2) is 12.3. The highest BCUT2D eigenvalue weighted by atomic mass is 31.1. The van der Waals surface area contributed by atoms with Crippen LogP contribution in [0, 0.1) is 0 Å². The van der Waals surface area contributed by atoms with E-state index in [1.54, 1.807) is 0 Å². The average Bonchev–Trinajstić information content (AvgIpc) is 1.93. The van der Waals surface area contributed by atoms with Crippen molar-refractivity contribution in [1.82, 2.24) is 0 Å². The largest absolute Gasteiger partial charge is 0.324 e. The monoisotopic (exact) mass is 178 g/mol. The minimum absolute atomic E-state index is 0.171. The molecule has 0 aliphatic heterocycles. The molecule has 0 saturated heterocycles. The van der Waals surface area contributed by atoms with Gasteiger partial charge in [0.15, 0.2) is 0 Å². The number of hydrogen-bond acceptors (Lipinski definition) is 1. The smallest absolute Gasteiger partial charge is 0.310 e. The van der Waals surface area contributed by atoms with Crippen LogP contribution in [0.1, 0.15) is 20.8 Å². The Bertz CT molecular complexity index is 61.3. The van der Waals surface area contributed by atoms with Crippen molar-refractivity contribution >= 4 is 22.8 Å². The molecule has 60 valence electrons. The highest BCUT2D eigenvalue weighted by Crippen LogP contribution is 2.01. The first-order chi connectivity index (χ1) is 4.76. The summed E-state index contributed by atoms with van der Waals surface area (Å²) < 4.78 is 8.46. The van der Waals surface area contributed by atoms with Crippen LogP contribution in [0.25, 0.3) is 0 Å². The molecule has 0 aliphatic carbocycles. The molecule has 10 heavy (non-hydrogen) atoms. The second-order valence-corrected chi connectivity index (χ2v) is 6.52. The van der Waals surface area contributed by atoms with E-state index < -0.39 is 8.69 Å². The lowest BCUT2D eigenvalue weighted by Gasteiger charge is -1.97. The minimum Gasteiger partial charge on any atom is -0.310 e. The van der Waals surface area contributed by atoms with Crippen molar-refractivity contribution in [3.63, 3.8) is 0 Å². The van der Waals surface area contributed by atoms with Crippen LogP contribution < -0.4 is 0 Å². The molecule has 1 N–H and O–H groups in total. The lowest BCUT2D eigenvalue weighted by molar-refractivity contribution is 0.524. The van der Waals surface area contributed by atoms with Gasteiger partial charge in [0.2, 0.25) is 0 Å². The Kier molecular flexibility index (Phi) is 16.2. The highest BCUT2D eigenvalue weighted by Gasteiger charge is 2.05. The summed E-state index contributed by atoms with van der Waals surface area (Å²) in [6.07, 6.45) is 0. The SMILES string of the molecule is C[CH2][Al]([CH2]C)[CH2]C.O=PO. The van der Waals surface area contributed by atoms with Crippen molar-refractivity contribution in [1.29, 1.82) is 0 Å². The van der Waals surface area contributed by atoms with Crippen LogP contribution in [0.5, 0.6) is 0 Å². The number of hydrogen-bond donors (Lipinski definition) is 1. The average molecular weight is 178 g/mol. The van der Waals surface area contributed by atoms with Gasteiger partial charge in [-0.3, -0.25) is 0 Å². The molecule has 0 aromatic carbocycles. The van der Waals surface area contributed by atoms with Gasteiger partial charge in [-0.2, -0.15) is 0 Å². The molecule has 0 saturated carbocycles. The Balaban J connectivity index is 0. The zero-order valence-electron chi connectivity index (χ0n) is 7.00. The van der Waals surface area contributed by atoms with Crippen LogP contribution in [0.3, 0.4) is 0 Å². The molecule has 0 atom stereocenters. The van der Waals surface area contributed by atoms with Crippen molar-refractivity contribution in [3.8, 4) is 0 Å². The Morgan fingerprint density at radius 2 is 1.40 bits per heavy atom. The predicted octanol–water partition coefficient (Wildman–Crippen LogP) is 2.73. The maximum absolute atomic E-state index is 8.46. The molecule has 0 amide bonds. The van der Waals surface area contributed by atoms with Gasteiger partial charge in [0.25, 0.3) is 14.1 Å². The Morgan fingerprint density at radius 3 is 1.40 bits per heavy atom. The summed E-state index contributed by atoms with van der Waals surface area (Å²) in [6.45, 7) is 6.97. The third-order valence-electron chi connectivity index (χ3n) is 1.73. The molecule has 0 radical (unpaired) electrons. The van der Waals surface area contributed by atoms with E-state index in [0.717, 1.165) is 0 Å². The molecule has 0 unspecified atom stereocenters. The summed E-state index contributed by atoms with van der Waals surface area (Å²) in [7, 11) is -0.833. The molecule has 0 aromatic rings. The first-order valence-corrected chi connectivity index (χ1v) is 6.94. The van der Waals surface area contributed by atoms with Crippen molar-refractivity contribution in [3.05, 3.63) is 0 Å². The fraction of sp³-hybridized carbons (Fsp3) is 1.00. The summed E-state index contributed by atoms with van der Waals surface area (Å²) in [5.74, 6) is 0. The fourth-order valence-electron chi connectivity index (χ4n) is 0.866. The van der Waals surface area contributed by atoms with E-state index in [2.05, 4.69) is 20.8 Å². The molecule has 0 aromatic heterocycles. The van der Waals surface area contributed by atoms with Crippen LogP contribution in [-0.2, 0) is 4.57 Å². The van der Waals surface area contributed by atoms with Gasteiger partial charge >= 0.3 is 8.69 Å². The minimum atomic E-state index is -0.833. The molecule has 0 heterocycles. The fourth-order valence-corrected chi connectivity index (χ4v) is 2.60. The molecule has 0 rings (SSSR count). The van der Waals surface area contributed by atoms with Crippen LogP contribution >= 0.6 is 8.69 Å². The van der Waals surface area contributed by atoms with Crippen molar-refractivity contribution in [2.45, 2.75) is 36.6 Å². The van der Waals surface area contributed by atoms with Gasteiger partial charge in [-0.15, -0.1) is 0 Å². The van der Waals surface area contributed by atoms with Crippen LogP contribution in [-0.4, -0.2) is 19.0 Å². The zero-order chi connectivity index (χ0) is 8.41. The Morgan fingerprint density at radius 1 is 1.20 bits per heavy atom. The molecule has 0 bridgehead atoms. The summed E-state index contributed by atoms with van der Waals surface area (Å²) in [6, 6.07) is 0. The maximum Gasteiger partial charge on any atom is 0.324 e. The van der Waals surface area contributed by atoms with Crippen LogP contribution in [0.4, 0.5) is 0 Å². The molecular weight excluding hydrogens is 162 g/mol. The van der Waals surface area contributed by atoms with Gasteiger partial charge in [-0.25, -0.2) is 4.57 Å². The van der Waals surface area contributed by atoms with Gasteiger partial charge in [0.1, 0.15) is 0 Å². The van der Waals surface area contributed by atoms with E-state index in [0.29, 0.717) is 0 Å². The first kappa shape index (κ1) is 13.2. The summed E-state index contributed by atoms with van der Waals surface area (Å²) in [5, 5.41) is 4.48. The van der Waals surface area contributed by atoms with Crippen LogP contribution in [0.2, 0.25) is 15.8 Å². The molecule has 2 nitrogen and oxygen atoms in total. The van der Waals surface area contributed by atoms with Crippen molar-refractivity contribution < 1.29 is 9.46 Å². The van der Waals surface area contributed by atoms with E-state index in [1.165, 1.54) is 15.8 Å². The second-order valence-electron chi connectivity index (χ2n) is 2.17. The van der Waals surface area contributed by atoms with E-state index in [1.807, 2.05) is 0 Å². The van der Waals surface area contributed by atoms with Crippen molar-refractivity contribution in [2.24, 2.45) is 0 Å². The normalized spacial score (nSPS) is 8.40. The quantitative estimate of drug-likeness (QED) is 0.532. The summed E-state index contributed by atoms with van der Waals surface area (Å²) in [5.41, 5.74) is 0. The summed E-state index contributed by atoms with van der Waals surface area (Å²) >= 11 is -0.171. The van der Waals surface area contributed by atoms with E-state index in [9.17, 15) is 0 Å². The molecule has 4 heteroatoms. The third kappa shape index (κ3) is 11.4. The first-order valence-electron chi connectivity index (χ1n) is 3.73. The molecule has 0 spiro atoms. The molecule has 0 aliphatic rings. The van der Waals surface area contributed by atoms with E-state index in [4.69, 9.17) is 9.46 Å². The van der Waals surface area contributed by atoms with Gasteiger partial charge < -0.3 is 4.89 Å². The van der Waals surface area contributed by atoms with E-state index in [-0.39, 0.29) is 14.1 Å². The highest BCUT2D eigenvalue weighted by molar-refractivity contribution is 7.16. The van der Waals surface area contributed by atoms with Gasteiger partial charge in [-0.05, 0) is 0 Å². The lowest BCUT2D eigenvalue weighted by Crippen LogP contribution is -2.04. The van der Waals surface area contributed by atoms with Gasteiger partial charge in [-0.1, -0.05) is 36.6 Å². The van der Waals surface area contributed by atoms with Crippen LogP contribution in [0.15, 0.2) is 0 Å². The third-order valence-corrected chi connectivity index (χ3v) is 5.20. The zero-order valence-corrected chi connectivity index (χ0v) is 9.05. The standard InChI is InChI=1S/3C2H5.Al.HO2P/c3*1-2;;1-3-2/h3*1H2,2H3;;(H,1,2). The lowest BCUT2D eigenvalue weighted by atomic mass is 10.9. The van der Waals surface area contributed by atoms with Gasteiger partial charge in [0, 0.05) is 0 Å². The molecule has 0 fully saturated rings. The summed E-state index contributed by atoms with van der Waals surface area (Å²) in [4.78, 5) is 6.99. The number of rotatable bonds is 3. The maximum atomic E-state index is 8.46. The Labute approximate surface area is 69.3 Å². The Hall–Kier alpha value is 0.592. The topological polar surface area (TPSA) is 37.3 Å². The predicted molar refractivity (Wildman–Crippen MR) is 47.0 cm³/mol. The van der Waals surface area contributed by atoms with Gasteiger partial charge in [0.05, 0.1) is 0 Å². The molecular formula is C6H16AlO2P.